The molecular formula is C12H12BrN3O2. The third-order valence-corrected chi connectivity index (χ3v) is 2.80. The van der Waals surface area contributed by atoms with Crippen molar-refractivity contribution in [3.63, 3.8) is 0 Å². The lowest BCUT2D eigenvalue weighted by atomic mass is 10.2. The molecule has 0 saturated carbocycles. The summed E-state index contributed by atoms with van der Waals surface area (Å²) in [5.41, 5.74) is 0.833. The molecule has 0 amide bonds. The molecule has 0 aliphatic rings. The molecule has 2 rings (SSSR count). The van der Waals surface area contributed by atoms with Crippen molar-refractivity contribution in [1.82, 2.24) is 9.97 Å². The fourth-order valence-electron chi connectivity index (χ4n) is 1.32. The second-order valence-corrected chi connectivity index (χ2v) is 4.36. The maximum Gasteiger partial charge on any atom is 0.238 e. The Morgan fingerprint density at radius 1 is 1.33 bits per heavy atom. The van der Waals surface area contributed by atoms with E-state index in [1.54, 1.807) is 37.5 Å². The van der Waals surface area contributed by atoms with Crippen LogP contribution in [0.25, 0.3) is 0 Å². The molecule has 5 nitrogen and oxygen atoms in total. The lowest BCUT2D eigenvalue weighted by Gasteiger charge is -2.08. The second-order valence-electron chi connectivity index (χ2n) is 3.50. The number of aliphatic hydroxyl groups excluding tert-OH is 1. The molecule has 0 spiro atoms. The number of nitrogens with zero attached hydrogens (tertiary/aromatic N) is 2. The van der Waals surface area contributed by atoms with Gasteiger partial charge in [0.15, 0.2) is 0 Å². The van der Waals surface area contributed by atoms with Crippen molar-refractivity contribution in [3.05, 3.63) is 40.5 Å². The molecule has 0 bridgehead atoms. The Bertz CT molecular complexity index is 531. The number of aliphatic hydroxyl groups is 1. The fourth-order valence-corrected chi connectivity index (χ4v) is 1.59. The molecule has 1 aromatic carbocycles. The molecule has 0 fully saturated rings. The van der Waals surface area contributed by atoms with Crippen LogP contribution in [0.4, 0.5) is 5.95 Å². The Morgan fingerprint density at radius 2 is 2.06 bits per heavy atom. The van der Waals surface area contributed by atoms with Crippen LogP contribution in [-0.2, 0) is 6.61 Å². The van der Waals surface area contributed by atoms with E-state index in [1.165, 1.54) is 0 Å². The maximum absolute atomic E-state index is 8.95. The molecule has 94 valence electrons. The largest absolute Gasteiger partial charge is 0.438 e. The van der Waals surface area contributed by atoms with Gasteiger partial charge in [-0.2, -0.15) is 4.98 Å². The Kier molecular flexibility index (Phi) is 4.11. The molecule has 0 atom stereocenters. The zero-order valence-electron chi connectivity index (χ0n) is 9.72. The minimum Gasteiger partial charge on any atom is -0.438 e. The molecule has 1 heterocycles. The fraction of sp³-hybridized carbons (Fsp3) is 0.167. The number of nitrogens with one attached hydrogen (secondary N) is 1. The van der Waals surface area contributed by atoms with Crippen LogP contribution in [0.1, 0.15) is 5.56 Å². The minimum absolute atomic E-state index is 0.0153. The summed E-state index contributed by atoms with van der Waals surface area (Å²) in [6.45, 7) is 0.0153. The normalized spacial score (nSPS) is 10.2. The summed E-state index contributed by atoms with van der Waals surface area (Å²) in [5.74, 6) is 1.57. The number of aromatic nitrogens is 2. The molecular weight excluding hydrogens is 298 g/mol. The number of benzene rings is 1. The van der Waals surface area contributed by atoms with Crippen LogP contribution in [0.15, 0.2) is 34.9 Å². The lowest BCUT2D eigenvalue weighted by Crippen LogP contribution is -1.98. The van der Waals surface area contributed by atoms with Crippen molar-refractivity contribution in [2.45, 2.75) is 6.61 Å². The summed E-state index contributed by atoms with van der Waals surface area (Å²) >= 11 is 3.33. The van der Waals surface area contributed by atoms with Crippen LogP contribution in [0.2, 0.25) is 0 Å². The van der Waals surface area contributed by atoms with Crippen molar-refractivity contribution in [3.8, 4) is 11.6 Å². The smallest absolute Gasteiger partial charge is 0.238 e. The Morgan fingerprint density at radius 3 is 2.67 bits per heavy atom. The summed E-state index contributed by atoms with van der Waals surface area (Å²) in [7, 11) is 1.74. The number of hydrogen-bond acceptors (Lipinski definition) is 5. The maximum atomic E-state index is 8.95. The van der Waals surface area contributed by atoms with Crippen LogP contribution < -0.4 is 10.1 Å². The number of hydrogen-bond donors (Lipinski definition) is 2. The summed E-state index contributed by atoms with van der Waals surface area (Å²) in [5, 5.41) is 11.8. The van der Waals surface area contributed by atoms with Crippen molar-refractivity contribution in [2.75, 3.05) is 12.4 Å². The molecule has 0 saturated heterocycles. The molecule has 6 heteroatoms. The van der Waals surface area contributed by atoms with E-state index in [2.05, 4.69) is 31.2 Å². The highest BCUT2D eigenvalue weighted by atomic mass is 79.9. The van der Waals surface area contributed by atoms with Gasteiger partial charge in [-0.05, 0) is 33.6 Å². The van der Waals surface area contributed by atoms with Gasteiger partial charge < -0.3 is 15.2 Å². The van der Waals surface area contributed by atoms with E-state index in [0.29, 0.717) is 22.1 Å². The second kappa shape index (κ2) is 5.79. The van der Waals surface area contributed by atoms with E-state index < -0.39 is 0 Å². The predicted molar refractivity (Wildman–Crippen MR) is 71.7 cm³/mol. The van der Waals surface area contributed by atoms with Gasteiger partial charge in [-0.25, -0.2) is 4.98 Å². The average molecular weight is 310 g/mol. The van der Waals surface area contributed by atoms with Crippen LogP contribution in [0.3, 0.4) is 0 Å². The first-order valence-corrected chi connectivity index (χ1v) is 6.10. The summed E-state index contributed by atoms with van der Waals surface area (Å²) in [6, 6.07) is 7.14. The van der Waals surface area contributed by atoms with Crippen molar-refractivity contribution >= 4 is 21.9 Å². The van der Waals surface area contributed by atoms with Gasteiger partial charge in [0.25, 0.3) is 0 Å². The summed E-state index contributed by atoms with van der Waals surface area (Å²) in [4.78, 5) is 8.23. The highest BCUT2D eigenvalue weighted by Crippen LogP contribution is 2.27. The van der Waals surface area contributed by atoms with Gasteiger partial charge in [-0.1, -0.05) is 12.1 Å². The topological polar surface area (TPSA) is 67.3 Å². The molecule has 0 unspecified atom stereocenters. The minimum atomic E-state index is 0.0153. The van der Waals surface area contributed by atoms with E-state index in [-0.39, 0.29) is 6.61 Å². The standard InChI is InChI=1S/C12H12BrN3O2/c1-14-12-15-6-10(13)11(16-12)18-9-4-2-8(7-17)3-5-9/h2-6,17H,7H2,1H3,(H,14,15,16). The van der Waals surface area contributed by atoms with E-state index in [1.807, 2.05) is 0 Å². The van der Waals surface area contributed by atoms with Gasteiger partial charge in [0.1, 0.15) is 5.75 Å². The van der Waals surface area contributed by atoms with E-state index in [9.17, 15) is 0 Å². The van der Waals surface area contributed by atoms with Gasteiger partial charge in [0.05, 0.1) is 17.3 Å². The third-order valence-electron chi connectivity index (χ3n) is 2.26. The van der Waals surface area contributed by atoms with E-state index in [4.69, 9.17) is 9.84 Å². The van der Waals surface area contributed by atoms with E-state index in [0.717, 1.165) is 5.56 Å². The van der Waals surface area contributed by atoms with Gasteiger partial charge >= 0.3 is 0 Å². The van der Waals surface area contributed by atoms with Crippen LogP contribution in [0.5, 0.6) is 11.6 Å². The first-order valence-electron chi connectivity index (χ1n) is 5.31. The Hall–Kier alpha value is -1.66. The first-order chi connectivity index (χ1) is 8.72. The van der Waals surface area contributed by atoms with Crippen LogP contribution >= 0.6 is 15.9 Å². The number of halogens is 1. The zero-order chi connectivity index (χ0) is 13.0. The highest BCUT2D eigenvalue weighted by molar-refractivity contribution is 9.10. The first kappa shape index (κ1) is 12.8. The predicted octanol–water partition coefficient (Wildman–Crippen LogP) is 2.57. The van der Waals surface area contributed by atoms with Gasteiger partial charge in [-0.3, -0.25) is 0 Å². The molecule has 0 aliphatic heterocycles. The number of anilines is 1. The summed E-state index contributed by atoms with van der Waals surface area (Å²) in [6.07, 6.45) is 1.62. The number of rotatable bonds is 4. The number of ether oxygens (including phenoxy) is 1. The molecule has 2 aromatic rings. The van der Waals surface area contributed by atoms with Crippen molar-refractivity contribution in [1.29, 1.82) is 0 Å². The monoisotopic (exact) mass is 309 g/mol. The van der Waals surface area contributed by atoms with Crippen LogP contribution in [0, 0.1) is 0 Å². The Balaban J connectivity index is 2.21. The molecule has 0 aliphatic carbocycles. The Labute approximate surface area is 113 Å². The van der Waals surface area contributed by atoms with Crippen molar-refractivity contribution < 1.29 is 9.84 Å². The molecule has 18 heavy (non-hydrogen) atoms. The lowest BCUT2D eigenvalue weighted by molar-refractivity contribution is 0.281. The molecule has 2 N–H and O–H groups in total. The quantitative estimate of drug-likeness (QED) is 0.908. The third kappa shape index (κ3) is 2.96. The molecule has 0 radical (unpaired) electrons. The van der Waals surface area contributed by atoms with Crippen molar-refractivity contribution in [2.24, 2.45) is 0 Å². The van der Waals surface area contributed by atoms with E-state index >= 15 is 0 Å². The average Bonchev–Trinajstić information content (AvgIpc) is 2.42. The van der Waals surface area contributed by atoms with Crippen LogP contribution in [-0.4, -0.2) is 22.1 Å². The van der Waals surface area contributed by atoms with Gasteiger partial charge in [0.2, 0.25) is 11.8 Å². The summed E-state index contributed by atoms with van der Waals surface area (Å²) < 4.78 is 6.31. The van der Waals surface area contributed by atoms with Gasteiger partial charge in [-0.15, -0.1) is 0 Å². The molecule has 1 aromatic heterocycles. The van der Waals surface area contributed by atoms with Gasteiger partial charge in [0, 0.05) is 7.05 Å². The highest BCUT2D eigenvalue weighted by Gasteiger charge is 2.06. The zero-order valence-corrected chi connectivity index (χ0v) is 11.3. The SMILES string of the molecule is CNc1ncc(Br)c(Oc2ccc(CO)cc2)n1.